The second-order valence-electron chi connectivity index (χ2n) is 5.81. The summed E-state index contributed by atoms with van der Waals surface area (Å²) < 4.78 is 0. The number of rotatable bonds is 10. The Morgan fingerprint density at radius 3 is 2.24 bits per heavy atom. The maximum Gasteiger partial charge on any atom is -0.00489 e. The van der Waals surface area contributed by atoms with Gasteiger partial charge in [-0.05, 0) is 31.8 Å². The molecular formula is C16H33N. The van der Waals surface area contributed by atoms with Crippen LogP contribution in [0.3, 0.4) is 0 Å². The van der Waals surface area contributed by atoms with E-state index in [1.165, 1.54) is 90.1 Å². The standard InChI is InChI=1S/C16H33N/c1-2-3-9-14-17-15-10-5-8-13-16-11-6-4-7-12-16/h16-17H,2-15H2,1H3. The van der Waals surface area contributed by atoms with E-state index < -0.39 is 0 Å². The summed E-state index contributed by atoms with van der Waals surface area (Å²) in [6.07, 6.45) is 17.4. The molecule has 0 atom stereocenters. The van der Waals surface area contributed by atoms with E-state index in [2.05, 4.69) is 12.2 Å². The monoisotopic (exact) mass is 239 g/mol. The molecule has 0 bridgehead atoms. The fraction of sp³-hybridized carbons (Fsp3) is 1.00. The molecule has 1 N–H and O–H groups in total. The fourth-order valence-electron chi connectivity index (χ4n) is 2.96. The van der Waals surface area contributed by atoms with Gasteiger partial charge in [-0.25, -0.2) is 0 Å². The van der Waals surface area contributed by atoms with Crippen LogP contribution in [0.25, 0.3) is 0 Å². The van der Waals surface area contributed by atoms with E-state index in [4.69, 9.17) is 0 Å². The summed E-state index contributed by atoms with van der Waals surface area (Å²) in [5, 5.41) is 3.56. The minimum atomic E-state index is 1.08. The Morgan fingerprint density at radius 2 is 1.53 bits per heavy atom. The molecule has 0 aliphatic heterocycles. The Bertz CT molecular complexity index is 150. The molecular weight excluding hydrogens is 206 g/mol. The van der Waals surface area contributed by atoms with Gasteiger partial charge in [0, 0.05) is 0 Å². The molecule has 0 unspecified atom stereocenters. The molecule has 1 fully saturated rings. The molecule has 0 amide bonds. The minimum absolute atomic E-state index is 1.08. The third-order valence-electron chi connectivity index (χ3n) is 4.15. The van der Waals surface area contributed by atoms with Gasteiger partial charge in [-0.2, -0.15) is 0 Å². The summed E-state index contributed by atoms with van der Waals surface area (Å²) in [7, 11) is 0. The normalized spacial score (nSPS) is 17.5. The van der Waals surface area contributed by atoms with Crippen LogP contribution in [0.5, 0.6) is 0 Å². The highest BCUT2D eigenvalue weighted by molar-refractivity contribution is 4.65. The Kier molecular flexibility index (Phi) is 9.78. The SMILES string of the molecule is CCCCCNCCCCCC1CCCCC1. The maximum atomic E-state index is 3.56. The van der Waals surface area contributed by atoms with Gasteiger partial charge >= 0.3 is 0 Å². The van der Waals surface area contributed by atoms with Gasteiger partial charge in [0.05, 0.1) is 0 Å². The molecule has 1 saturated carbocycles. The number of nitrogens with one attached hydrogen (secondary N) is 1. The van der Waals surface area contributed by atoms with Gasteiger partial charge < -0.3 is 5.32 Å². The largest absolute Gasteiger partial charge is 0.317 e. The van der Waals surface area contributed by atoms with Crippen LogP contribution in [0.15, 0.2) is 0 Å². The Balaban J connectivity index is 1.75. The summed E-state index contributed by atoms with van der Waals surface area (Å²) in [4.78, 5) is 0. The van der Waals surface area contributed by atoms with Gasteiger partial charge in [-0.1, -0.05) is 71.1 Å². The number of hydrogen-bond acceptors (Lipinski definition) is 1. The van der Waals surface area contributed by atoms with Crippen molar-refractivity contribution in [3.05, 3.63) is 0 Å². The van der Waals surface area contributed by atoms with Crippen LogP contribution >= 0.6 is 0 Å². The van der Waals surface area contributed by atoms with Gasteiger partial charge in [-0.15, -0.1) is 0 Å². The first-order valence-electron chi connectivity index (χ1n) is 8.14. The summed E-state index contributed by atoms with van der Waals surface area (Å²) in [6, 6.07) is 0. The topological polar surface area (TPSA) is 12.0 Å². The lowest BCUT2D eigenvalue weighted by molar-refractivity contribution is 0.328. The zero-order valence-corrected chi connectivity index (χ0v) is 12.0. The van der Waals surface area contributed by atoms with E-state index in [-0.39, 0.29) is 0 Å². The van der Waals surface area contributed by atoms with Gasteiger partial charge in [0.2, 0.25) is 0 Å². The molecule has 0 aromatic rings. The van der Waals surface area contributed by atoms with Crippen molar-refractivity contribution in [3.63, 3.8) is 0 Å². The van der Waals surface area contributed by atoms with Crippen LogP contribution < -0.4 is 5.32 Å². The second kappa shape index (κ2) is 11.1. The smallest absolute Gasteiger partial charge is 0.00489 e. The van der Waals surface area contributed by atoms with Crippen LogP contribution in [0, 0.1) is 5.92 Å². The van der Waals surface area contributed by atoms with Crippen molar-refractivity contribution >= 4 is 0 Å². The zero-order chi connectivity index (χ0) is 12.2. The van der Waals surface area contributed by atoms with Gasteiger partial charge in [0.15, 0.2) is 0 Å². The highest BCUT2D eigenvalue weighted by Crippen LogP contribution is 2.27. The lowest BCUT2D eigenvalue weighted by Gasteiger charge is -2.21. The van der Waals surface area contributed by atoms with E-state index in [0.717, 1.165) is 5.92 Å². The molecule has 0 heterocycles. The first-order chi connectivity index (χ1) is 8.43. The van der Waals surface area contributed by atoms with Gasteiger partial charge in [0.1, 0.15) is 0 Å². The van der Waals surface area contributed by atoms with Crippen molar-refractivity contribution in [2.24, 2.45) is 5.92 Å². The van der Waals surface area contributed by atoms with Crippen molar-refractivity contribution in [1.29, 1.82) is 0 Å². The van der Waals surface area contributed by atoms with E-state index in [1.807, 2.05) is 0 Å². The molecule has 0 radical (unpaired) electrons. The van der Waals surface area contributed by atoms with Crippen LogP contribution in [-0.2, 0) is 0 Å². The van der Waals surface area contributed by atoms with E-state index in [9.17, 15) is 0 Å². The quantitative estimate of drug-likeness (QED) is 0.534. The highest BCUT2D eigenvalue weighted by Gasteiger charge is 2.12. The number of unbranched alkanes of at least 4 members (excludes halogenated alkanes) is 4. The Labute approximate surface area is 109 Å². The first kappa shape index (κ1) is 15.0. The maximum absolute atomic E-state index is 3.56. The van der Waals surface area contributed by atoms with Gasteiger partial charge in [0.25, 0.3) is 0 Å². The van der Waals surface area contributed by atoms with Crippen LogP contribution in [0.1, 0.15) is 84.0 Å². The molecule has 0 aromatic heterocycles. The summed E-state index contributed by atoms with van der Waals surface area (Å²) in [5.74, 6) is 1.08. The highest BCUT2D eigenvalue weighted by atomic mass is 14.8. The zero-order valence-electron chi connectivity index (χ0n) is 12.0. The third-order valence-corrected chi connectivity index (χ3v) is 4.15. The average molecular weight is 239 g/mol. The predicted octanol–water partition coefficient (Wildman–Crippen LogP) is 4.91. The molecule has 0 saturated heterocycles. The molecule has 17 heavy (non-hydrogen) atoms. The van der Waals surface area contributed by atoms with Crippen molar-refractivity contribution in [3.8, 4) is 0 Å². The van der Waals surface area contributed by atoms with Crippen molar-refractivity contribution in [2.45, 2.75) is 84.0 Å². The molecule has 0 aromatic carbocycles. The molecule has 1 aliphatic rings. The van der Waals surface area contributed by atoms with Crippen LogP contribution in [0.2, 0.25) is 0 Å². The molecule has 1 heteroatoms. The third kappa shape index (κ3) is 8.65. The van der Waals surface area contributed by atoms with E-state index in [0.29, 0.717) is 0 Å². The first-order valence-corrected chi connectivity index (χ1v) is 8.14. The summed E-state index contributed by atoms with van der Waals surface area (Å²) >= 11 is 0. The van der Waals surface area contributed by atoms with E-state index in [1.54, 1.807) is 0 Å². The van der Waals surface area contributed by atoms with Gasteiger partial charge in [-0.3, -0.25) is 0 Å². The minimum Gasteiger partial charge on any atom is -0.317 e. The lowest BCUT2D eigenvalue weighted by Crippen LogP contribution is -2.16. The predicted molar refractivity (Wildman–Crippen MR) is 77.4 cm³/mol. The number of hydrogen-bond donors (Lipinski definition) is 1. The molecule has 1 rings (SSSR count). The van der Waals surface area contributed by atoms with E-state index >= 15 is 0 Å². The molecule has 1 nitrogen and oxygen atoms in total. The Morgan fingerprint density at radius 1 is 0.824 bits per heavy atom. The Hall–Kier alpha value is -0.0400. The summed E-state index contributed by atoms with van der Waals surface area (Å²) in [5.41, 5.74) is 0. The molecule has 1 aliphatic carbocycles. The summed E-state index contributed by atoms with van der Waals surface area (Å²) in [6.45, 7) is 4.75. The lowest BCUT2D eigenvalue weighted by atomic mass is 9.85. The van der Waals surface area contributed by atoms with Crippen molar-refractivity contribution < 1.29 is 0 Å². The second-order valence-corrected chi connectivity index (χ2v) is 5.81. The molecule has 102 valence electrons. The van der Waals surface area contributed by atoms with Crippen LogP contribution in [-0.4, -0.2) is 13.1 Å². The fourth-order valence-corrected chi connectivity index (χ4v) is 2.96. The average Bonchev–Trinajstić information content (AvgIpc) is 2.38. The molecule has 0 spiro atoms. The van der Waals surface area contributed by atoms with Crippen LogP contribution in [0.4, 0.5) is 0 Å². The van der Waals surface area contributed by atoms with Crippen molar-refractivity contribution in [2.75, 3.05) is 13.1 Å². The van der Waals surface area contributed by atoms with Crippen molar-refractivity contribution in [1.82, 2.24) is 5.32 Å².